The number of nitrogens with zero attached hydrogens (tertiary/aromatic N) is 1. The second kappa shape index (κ2) is 11.8. The van der Waals surface area contributed by atoms with Crippen LogP contribution in [0.3, 0.4) is 0 Å². The number of ketones is 1. The zero-order valence-corrected chi connectivity index (χ0v) is 21.8. The zero-order chi connectivity index (χ0) is 27.1. The maximum Gasteiger partial charge on any atom is 0.408 e. The number of alkyl carbamates (subject to hydrolysis) is 1. The van der Waals surface area contributed by atoms with Crippen LogP contribution in [0.4, 0.5) is 10.5 Å². The molecule has 1 unspecified atom stereocenters. The van der Waals surface area contributed by atoms with Gasteiger partial charge in [0.2, 0.25) is 0 Å². The van der Waals surface area contributed by atoms with Gasteiger partial charge in [0.25, 0.3) is 0 Å². The molecule has 1 amide bonds. The normalized spacial score (nSPS) is 15.4. The molecule has 0 aliphatic carbocycles. The van der Waals surface area contributed by atoms with Crippen molar-refractivity contribution >= 4 is 23.5 Å². The van der Waals surface area contributed by atoms with Crippen molar-refractivity contribution in [2.75, 3.05) is 18.6 Å². The van der Waals surface area contributed by atoms with Crippen molar-refractivity contribution < 1.29 is 23.9 Å². The Morgan fingerprint density at radius 2 is 1.47 bits per heavy atom. The summed E-state index contributed by atoms with van der Waals surface area (Å²) in [6, 6.07) is 25.5. The first-order chi connectivity index (χ1) is 18.3. The average Bonchev–Trinajstić information content (AvgIpc) is 3.12. The number of anilines is 1. The maximum absolute atomic E-state index is 13.0. The highest BCUT2D eigenvalue weighted by Gasteiger charge is 2.38. The van der Waals surface area contributed by atoms with Gasteiger partial charge in [-0.15, -0.1) is 0 Å². The van der Waals surface area contributed by atoms with E-state index in [-0.39, 0.29) is 24.2 Å². The number of benzene rings is 3. The van der Waals surface area contributed by atoms with E-state index in [9.17, 15) is 14.4 Å². The predicted molar refractivity (Wildman–Crippen MR) is 146 cm³/mol. The third kappa shape index (κ3) is 6.29. The highest BCUT2D eigenvalue weighted by Crippen LogP contribution is 2.46. The molecule has 0 saturated carbocycles. The van der Waals surface area contributed by atoms with Gasteiger partial charge in [-0.1, -0.05) is 92.7 Å². The van der Waals surface area contributed by atoms with E-state index in [1.807, 2.05) is 96.9 Å². The number of esters is 1. The zero-order valence-electron chi connectivity index (χ0n) is 21.8. The Kier molecular flexibility index (Phi) is 8.26. The van der Waals surface area contributed by atoms with E-state index in [1.54, 1.807) is 0 Å². The van der Waals surface area contributed by atoms with Crippen LogP contribution in [0.1, 0.15) is 30.5 Å². The lowest BCUT2D eigenvalue weighted by Gasteiger charge is -2.24. The first kappa shape index (κ1) is 26.7. The van der Waals surface area contributed by atoms with E-state index in [2.05, 4.69) is 19.2 Å². The standard InChI is InChI=1S/C31H32N2O5/c1-31(2)25-16-10-11-17-27(25)33(3)28(31)19-24(34)21-37-29(35)26(18-22-12-6-4-7-13-22)32-30(36)38-20-23-14-8-5-9-15-23/h4-17,19,26H,18,20-21H2,1-3H3,(H,32,36). The Hall–Kier alpha value is -4.39. The van der Waals surface area contributed by atoms with E-state index in [4.69, 9.17) is 9.47 Å². The van der Waals surface area contributed by atoms with Crippen molar-refractivity contribution in [3.63, 3.8) is 0 Å². The first-order valence-corrected chi connectivity index (χ1v) is 12.5. The fraction of sp³-hybridized carbons (Fsp3) is 0.258. The van der Waals surface area contributed by atoms with Crippen LogP contribution in [-0.4, -0.2) is 37.5 Å². The van der Waals surface area contributed by atoms with Gasteiger partial charge < -0.3 is 19.7 Å². The minimum Gasteiger partial charge on any atom is -0.456 e. The molecule has 196 valence electrons. The molecule has 1 heterocycles. The predicted octanol–water partition coefficient (Wildman–Crippen LogP) is 4.95. The molecule has 3 aromatic carbocycles. The van der Waals surface area contributed by atoms with Gasteiger partial charge in [-0.2, -0.15) is 0 Å². The van der Waals surface area contributed by atoms with Crippen LogP contribution in [0.15, 0.2) is 96.7 Å². The molecule has 1 aliphatic rings. The molecule has 0 spiro atoms. The molecular weight excluding hydrogens is 480 g/mol. The van der Waals surface area contributed by atoms with Crippen LogP contribution in [-0.2, 0) is 37.5 Å². The number of para-hydroxylation sites is 1. The van der Waals surface area contributed by atoms with Crippen LogP contribution in [0.2, 0.25) is 0 Å². The molecule has 0 saturated heterocycles. The SMILES string of the molecule is CN1C(=CC(=O)COC(=O)C(Cc2ccccc2)NC(=O)OCc2ccccc2)C(C)(C)c2ccccc21. The lowest BCUT2D eigenvalue weighted by Crippen LogP contribution is -2.44. The van der Waals surface area contributed by atoms with Gasteiger partial charge in [-0.25, -0.2) is 9.59 Å². The monoisotopic (exact) mass is 512 g/mol. The van der Waals surface area contributed by atoms with Crippen LogP contribution in [0.25, 0.3) is 0 Å². The molecule has 7 heteroatoms. The Balaban J connectivity index is 1.40. The van der Waals surface area contributed by atoms with Gasteiger partial charge in [0.1, 0.15) is 12.6 Å². The van der Waals surface area contributed by atoms with Gasteiger partial charge in [0.15, 0.2) is 12.4 Å². The van der Waals surface area contributed by atoms with Crippen molar-refractivity contribution in [3.05, 3.63) is 113 Å². The summed E-state index contributed by atoms with van der Waals surface area (Å²) in [5, 5.41) is 2.59. The number of carbonyl (C=O) groups is 3. The molecule has 0 bridgehead atoms. The molecule has 1 atom stereocenters. The number of carbonyl (C=O) groups excluding carboxylic acids is 3. The molecule has 3 aromatic rings. The number of hydrogen-bond donors (Lipinski definition) is 1. The highest BCUT2D eigenvalue weighted by atomic mass is 16.6. The molecule has 0 aromatic heterocycles. The Morgan fingerprint density at radius 1 is 0.868 bits per heavy atom. The summed E-state index contributed by atoms with van der Waals surface area (Å²) in [4.78, 5) is 40.3. The third-order valence-corrected chi connectivity index (χ3v) is 6.67. The number of fused-ring (bicyclic) bond motifs is 1. The summed E-state index contributed by atoms with van der Waals surface area (Å²) < 4.78 is 10.7. The molecule has 7 nitrogen and oxygen atoms in total. The highest BCUT2D eigenvalue weighted by molar-refractivity contribution is 5.95. The number of amides is 1. The number of rotatable bonds is 9. The fourth-order valence-corrected chi connectivity index (χ4v) is 4.65. The van der Waals surface area contributed by atoms with Crippen LogP contribution < -0.4 is 10.2 Å². The van der Waals surface area contributed by atoms with Gasteiger partial charge in [-0.3, -0.25) is 4.79 Å². The maximum atomic E-state index is 13.0. The van der Waals surface area contributed by atoms with Gasteiger partial charge in [-0.05, 0) is 22.8 Å². The number of hydrogen-bond acceptors (Lipinski definition) is 6. The van der Waals surface area contributed by atoms with E-state index in [0.29, 0.717) is 0 Å². The van der Waals surface area contributed by atoms with Crippen molar-refractivity contribution in [2.24, 2.45) is 0 Å². The van der Waals surface area contributed by atoms with E-state index in [0.717, 1.165) is 28.1 Å². The van der Waals surface area contributed by atoms with Gasteiger partial charge in [0.05, 0.1) is 0 Å². The molecular formula is C31H32N2O5. The van der Waals surface area contributed by atoms with Crippen molar-refractivity contribution in [3.8, 4) is 0 Å². The molecule has 38 heavy (non-hydrogen) atoms. The van der Waals surface area contributed by atoms with Gasteiger partial charge in [0, 0.05) is 36.3 Å². The Labute approximate surface area is 223 Å². The lowest BCUT2D eigenvalue weighted by atomic mass is 9.83. The molecule has 1 aliphatic heterocycles. The van der Waals surface area contributed by atoms with E-state index >= 15 is 0 Å². The number of nitrogens with one attached hydrogen (secondary N) is 1. The second-order valence-corrected chi connectivity index (χ2v) is 9.75. The molecule has 4 rings (SSSR count). The van der Waals surface area contributed by atoms with Crippen molar-refractivity contribution in [1.82, 2.24) is 5.32 Å². The average molecular weight is 513 g/mol. The Morgan fingerprint density at radius 3 is 2.13 bits per heavy atom. The minimum atomic E-state index is -1.02. The summed E-state index contributed by atoms with van der Waals surface area (Å²) in [6.45, 7) is 3.74. The van der Waals surface area contributed by atoms with Crippen molar-refractivity contribution in [2.45, 2.75) is 38.3 Å². The minimum absolute atomic E-state index is 0.0670. The molecule has 0 fully saturated rings. The van der Waals surface area contributed by atoms with Crippen LogP contribution >= 0.6 is 0 Å². The smallest absolute Gasteiger partial charge is 0.408 e. The van der Waals surface area contributed by atoms with Crippen LogP contribution in [0.5, 0.6) is 0 Å². The summed E-state index contributed by atoms with van der Waals surface area (Å²) in [6.07, 6.45) is 0.980. The Bertz CT molecular complexity index is 1320. The van der Waals surface area contributed by atoms with Crippen molar-refractivity contribution in [1.29, 1.82) is 0 Å². The second-order valence-electron chi connectivity index (χ2n) is 9.75. The largest absolute Gasteiger partial charge is 0.456 e. The first-order valence-electron chi connectivity index (χ1n) is 12.5. The summed E-state index contributed by atoms with van der Waals surface area (Å²) in [5.74, 6) is -1.05. The molecule has 1 N–H and O–H groups in total. The summed E-state index contributed by atoms with van der Waals surface area (Å²) in [7, 11) is 1.92. The van der Waals surface area contributed by atoms with E-state index < -0.39 is 24.7 Å². The van der Waals surface area contributed by atoms with E-state index in [1.165, 1.54) is 6.08 Å². The fourth-order valence-electron chi connectivity index (χ4n) is 4.65. The summed E-state index contributed by atoms with van der Waals surface area (Å²) >= 11 is 0. The van der Waals surface area contributed by atoms with Gasteiger partial charge >= 0.3 is 12.1 Å². The summed E-state index contributed by atoms with van der Waals surface area (Å²) in [5.41, 5.74) is 4.27. The number of likely N-dealkylation sites (N-methyl/N-ethyl adjacent to an activating group) is 1. The number of allylic oxidation sites excluding steroid dienone is 1. The number of ether oxygens (including phenoxy) is 2. The third-order valence-electron chi connectivity index (χ3n) is 6.67. The molecule has 0 radical (unpaired) electrons. The van der Waals surface area contributed by atoms with Crippen LogP contribution in [0, 0.1) is 0 Å². The quantitative estimate of drug-likeness (QED) is 0.323. The lowest BCUT2D eigenvalue weighted by molar-refractivity contribution is -0.149. The topological polar surface area (TPSA) is 84.9 Å².